The lowest BCUT2D eigenvalue weighted by Crippen LogP contribution is -2.17. The third kappa shape index (κ3) is 9.51. The van der Waals surface area contributed by atoms with Crippen LogP contribution in [0.25, 0.3) is 0 Å². The van der Waals surface area contributed by atoms with Gasteiger partial charge in [-0.2, -0.15) is 5.06 Å². The number of hydrogen-bond donors (Lipinski definition) is 0. The molecule has 2 nitrogen and oxygen atoms in total. The van der Waals surface area contributed by atoms with Crippen molar-refractivity contribution in [3.05, 3.63) is 0 Å². The topological polar surface area (TPSA) is 12.5 Å². The first-order valence-corrected chi connectivity index (χ1v) is 2.47. The van der Waals surface area contributed by atoms with E-state index < -0.39 is 0 Å². The first-order chi connectivity index (χ1) is 3.13. The molecular formula is C5H14ClNO. The van der Waals surface area contributed by atoms with E-state index in [1.807, 2.05) is 27.9 Å². The van der Waals surface area contributed by atoms with Crippen molar-refractivity contribution in [2.75, 3.05) is 14.1 Å². The van der Waals surface area contributed by atoms with E-state index in [0.717, 1.165) is 0 Å². The predicted molar refractivity (Wildman–Crippen MR) is 37.2 cm³/mol. The third-order valence-electron chi connectivity index (χ3n) is 0.422. The van der Waals surface area contributed by atoms with Crippen LogP contribution in [0.3, 0.4) is 0 Å². The van der Waals surface area contributed by atoms with Crippen LogP contribution in [0.4, 0.5) is 0 Å². The van der Waals surface area contributed by atoms with Gasteiger partial charge in [-0.15, -0.1) is 12.4 Å². The van der Waals surface area contributed by atoms with Crippen molar-refractivity contribution in [2.24, 2.45) is 0 Å². The molecule has 3 heteroatoms. The highest BCUT2D eigenvalue weighted by Gasteiger charge is 1.91. The average Bonchev–Trinajstić information content (AvgIpc) is 1.27. The van der Waals surface area contributed by atoms with Gasteiger partial charge < -0.3 is 0 Å². The minimum atomic E-state index is 0. The number of hydrogen-bond acceptors (Lipinski definition) is 2. The van der Waals surface area contributed by atoms with Gasteiger partial charge in [0.2, 0.25) is 0 Å². The molecule has 0 fully saturated rings. The largest absolute Gasteiger partial charge is 0.297 e. The fraction of sp³-hybridized carbons (Fsp3) is 1.00. The fourth-order valence-electron chi connectivity index (χ4n) is 0.422. The smallest absolute Gasteiger partial charge is 0.0736 e. The van der Waals surface area contributed by atoms with Crippen LogP contribution < -0.4 is 0 Å². The molecule has 0 aliphatic carbocycles. The maximum Gasteiger partial charge on any atom is 0.0736 e. The standard InChI is InChI=1S/C5H13NO.ClH/c1-5(2)7-6(3)4;/h5H,1-4H3;1H. The molecule has 8 heavy (non-hydrogen) atoms. The summed E-state index contributed by atoms with van der Waals surface area (Å²) in [7, 11) is 3.75. The molecule has 0 rings (SSSR count). The van der Waals surface area contributed by atoms with Gasteiger partial charge in [-0.05, 0) is 13.8 Å². The summed E-state index contributed by atoms with van der Waals surface area (Å²) < 4.78 is 0. The molecule has 0 aromatic carbocycles. The van der Waals surface area contributed by atoms with Crippen molar-refractivity contribution in [3.8, 4) is 0 Å². The summed E-state index contributed by atoms with van der Waals surface area (Å²) in [4.78, 5) is 5.08. The van der Waals surface area contributed by atoms with E-state index in [4.69, 9.17) is 4.84 Å². The van der Waals surface area contributed by atoms with Crippen LogP contribution in [0.2, 0.25) is 0 Å². The summed E-state index contributed by atoms with van der Waals surface area (Å²) in [6.07, 6.45) is 0.301. The molecular weight excluding hydrogens is 126 g/mol. The van der Waals surface area contributed by atoms with Crippen molar-refractivity contribution in [3.63, 3.8) is 0 Å². The van der Waals surface area contributed by atoms with Gasteiger partial charge in [-0.25, -0.2) is 0 Å². The van der Waals surface area contributed by atoms with Gasteiger partial charge in [-0.1, -0.05) is 0 Å². The molecule has 52 valence electrons. The Morgan fingerprint density at radius 3 is 1.62 bits per heavy atom. The molecule has 0 aliphatic heterocycles. The van der Waals surface area contributed by atoms with Crippen molar-refractivity contribution >= 4 is 12.4 Å². The summed E-state index contributed by atoms with van der Waals surface area (Å²) in [5, 5.41) is 1.70. The first kappa shape index (κ1) is 11.1. The number of nitrogens with zero attached hydrogens (tertiary/aromatic N) is 1. The molecule has 0 unspecified atom stereocenters. The number of rotatable bonds is 2. The van der Waals surface area contributed by atoms with E-state index in [2.05, 4.69) is 0 Å². The Labute approximate surface area is 57.2 Å². The van der Waals surface area contributed by atoms with Gasteiger partial charge in [0, 0.05) is 14.1 Å². The van der Waals surface area contributed by atoms with Crippen LogP contribution in [0, 0.1) is 0 Å². The molecule has 0 aromatic heterocycles. The van der Waals surface area contributed by atoms with E-state index >= 15 is 0 Å². The first-order valence-electron chi connectivity index (χ1n) is 2.47. The van der Waals surface area contributed by atoms with Gasteiger partial charge in [0.15, 0.2) is 0 Å². The second-order valence-corrected chi connectivity index (χ2v) is 1.97. The molecule has 0 amide bonds. The predicted octanol–water partition coefficient (Wildman–Crippen LogP) is 1.31. The van der Waals surface area contributed by atoms with Crippen molar-refractivity contribution < 1.29 is 4.84 Å². The summed E-state index contributed by atoms with van der Waals surface area (Å²) >= 11 is 0. The maximum atomic E-state index is 5.08. The Morgan fingerprint density at radius 1 is 1.25 bits per heavy atom. The van der Waals surface area contributed by atoms with Crippen molar-refractivity contribution in [1.82, 2.24) is 5.06 Å². The highest BCUT2D eigenvalue weighted by molar-refractivity contribution is 5.85. The Balaban J connectivity index is 0. The Kier molecular flexibility index (Phi) is 7.40. The third-order valence-corrected chi connectivity index (χ3v) is 0.422. The van der Waals surface area contributed by atoms with Crippen LogP contribution in [-0.2, 0) is 4.84 Å². The molecule has 0 bridgehead atoms. The fourth-order valence-corrected chi connectivity index (χ4v) is 0.422. The van der Waals surface area contributed by atoms with E-state index in [9.17, 15) is 0 Å². The quantitative estimate of drug-likeness (QED) is 0.535. The van der Waals surface area contributed by atoms with E-state index in [1.54, 1.807) is 5.06 Å². The Morgan fingerprint density at radius 2 is 1.62 bits per heavy atom. The molecule has 0 radical (unpaired) electrons. The second kappa shape index (κ2) is 5.35. The van der Waals surface area contributed by atoms with E-state index in [1.165, 1.54) is 0 Å². The van der Waals surface area contributed by atoms with Crippen LogP contribution in [0.15, 0.2) is 0 Å². The summed E-state index contributed by atoms with van der Waals surface area (Å²) in [5.74, 6) is 0. The molecule has 0 aliphatic rings. The lowest BCUT2D eigenvalue weighted by Gasteiger charge is -2.12. The van der Waals surface area contributed by atoms with Crippen LogP contribution >= 0.6 is 12.4 Å². The second-order valence-electron chi connectivity index (χ2n) is 1.97. The summed E-state index contributed by atoms with van der Waals surface area (Å²) in [6.45, 7) is 4.00. The summed E-state index contributed by atoms with van der Waals surface area (Å²) in [5.41, 5.74) is 0. The van der Waals surface area contributed by atoms with Gasteiger partial charge in [0.05, 0.1) is 6.10 Å². The Bertz CT molecular complexity index is 41.7. The van der Waals surface area contributed by atoms with Gasteiger partial charge in [-0.3, -0.25) is 4.84 Å². The number of hydroxylamine groups is 2. The van der Waals surface area contributed by atoms with Crippen molar-refractivity contribution in [1.29, 1.82) is 0 Å². The molecule has 0 heterocycles. The van der Waals surface area contributed by atoms with Crippen LogP contribution in [0.5, 0.6) is 0 Å². The van der Waals surface area contributed by atoms with Gasteiger partial charge >= 0.3 is 0 Å². The average molecular weight is 140 g/mol. The lowest BCUT2D eigenvalue weighted by atomic mass is 10.5. The van der Waals surface area contributed by atoms with E-state index in [-0.39, 0.29) is 12.4 Å². The molecule has 0 saturated heterocycles. The number of halogens is 1. The maximum absolute atomic E-state index is 5.08. The minimum Gasteiger partial charge on any atom is -0.297 e. The van der Waals surface area contributed by atoms with Gasteiger partial charge in [0.25, 0.3) is 0 Å². The molecule has 0 atom stereocenters. The monoisotopic (exact) mass is 139 g/mol. The lowest BCUT2D eigenvalue weighted by molar-refractivity contribution is -0.151. The summed E-state index contributed by atoms with van der Waals surface area (Å²) in [6, 6.07) is 0. The molecule has 0 spiro atoms. The van der Waals surface area contributed by atoms with E-state index in [0.29, 0.717) is 6.10 Å². The van der Waals surface area contributed by atoms with Crippen LogP contribution in [0.1, 0.15) is 13.8 Å². The van der Waals surface area contributed by atoms with Crippen LogP contribution in [-0.4, -0.2) is 25.3 Å². The zero-order valence-electron chi connectivity index (χ0n) is 5.84. The normalized spacial score (nSPS) is 9.75. The minimum absolute atomic E-state index is 0. The zero-order valence-corrected chi connectivity index (χ0v) is 6.66. The molecule has 0 aromatic rings. The highest BCUT2D eigenvalue weighted by atomic mass is 35.5. The molecule has 0 saturated carbocycles. The Hall–Kier alpha value is 0.210. The highest BCUT2D eigenvalue weighted by Crippen LogP contribution is 1.87. The SMILES string of the molecule is CC(C)ON(C)C.Cl. The van der Waals surface area contributed by atoms with Gasteiger partial charge in [0.1, 0.15) is 0 Å². The molecule has 0 N–H and O–H groups in total. The zero-order chi connectivity index (χ0) is 5.86. The van der Waals surface area contributed by atoms with Crippen molar-refractivity contribution in [2.45, 2.75) is 20.0 Å².